The zero-order valence-electron chi connectivity index (χ0n) is 21.6. The van der Waals surface area contributed by atoms with Crippen LogP contribution < -0.4 is 19.9 Å². The Bertz CT molecular complexity index is 1650. The first-order chi connectivity index (χ1) is 19.4. The summed E-state index contributed by atoms with van der Waals surface area (Å²) in [6, 6.07) is 30.0. The summed E-state index contributed by atoms with van der Waals surface area (Å²) in [4.78, 5) is 12.4. The minimum absolute atomic E-state index is 0.00270. The minimum Gasteiger partial charge on any atom is -0.489 e. The molecule has 4 aromatic carbocycles. The smallest absolute Gasteiger partial charge is 0.336 e. The third-order valence-electron chi connectivity index (χ3n) is 6.41. The number of rotatable bonds is 7. The standard InChI is InChI=1S/C33H25ClN2O4/c1-21-5-7-23(8-6-21)20-38-26-4-2-3-24(17-26)32-28-15-14-27(18-30(28)40-33(36)29(32)19-35)39-31(37)16-11-22-9-12-25(34)13-10-22/h2-18,32H,20,36H2,1H3/b16-11+. The van der Waals surface area contributed by atoms with Crippen molar-refractivity contribution >= 4 is 23.6 Å². The second-order valence-corrected chi connectivity index (χ2v) is 9.71. The van der Waals surface area contributed by atoms with Gasteiger partial charge >= 0.3 is 5.97 Å². The molecule has 0 fully saturated rings. The van der Waals surface area contributed by atoms with Crippen LogP contribution in [0.15, 0.2) is 109 Å². The number of ether oxygens (including phenoxy) is 3. The Labute approximate surface area is 237 Å². The minimum atomic E-state index is -0.554. The zero-order chi connectivity index (χ0) is 28.1. The van der Waals surface area contributed by atoms with Crippen LogP contribution in [-0.2, 0) is 11.4 Å². The van der Waals surface area contributed by atoms with Crippen LogP contribution in [-0.4, -0.2) is 5.97 Å². The quantitative estimate of drug-likeness (QED) is 0.151. The number of hydrogen-bond donors (Lipinski definition) is 1. The highest BCUT2D eigenvalue weighted by molar-refractivity contribution is 6.30. The molecule has 1 aliphatic heterocycles. The molecule has 0 bridgehead atoms. The Hall–Kier alpha value is -4.99. The SMILES string of the molecule is Cc1ccc(COc2cccc(C3C(C#N)=C(N)Oc4cc(OC(=O)/C=C/c5ccc(Cl)cc5)ccc43)c2)cc1. The predicted molar refractivity (Wildman–Crippen MR) is 154 cm³/mol. The Morgan fingerprint density at radius 3 is 2.55 bits per heavy atom. The maximum atomic E-state index is 12.4. The van der Waals surface area contributed by atoms with Crippen LogP contribution in [0.5, 0.6) is 17.2 Å². The van der Waals surface area contributed by atoms with E-state index in [2.05, 4.69) is 6.07 Å². The molecule has 5 rings (SSSR count). The van der Waals surface area contributed by atoms with E-state index < -0.39 is 11.9 Å². The second kappa shape index (κ2) is 11.8. The van der Waals surface area contributed by atoms with E-state index in [-0.39, 0.29) is 11.6 Å². The molecule has 0 saturated heterocycles. The number of hydrogen-bond acceptors (Lipinski definition) is 6. The van der Waals surface area contributed by atoms with Gasteiger partial charge in [-0.1, -0.05) is 71.8 Å². The fourth-order valence-corrected chi connectivity index (χ4v) is 4.49. The van der Waals surface area contributed by atoms with Crippen molar-refractivity contribution in [2.75, 3.05) is 0 Å². The lowest BCUT2D eigenvalue weighted by Crippen LogP contribution is -2.21. The lowest BCUT2D eigenvalue weighted by atomic mass is 9.83. The summed E-state index contributed by atoms with van der Waals surface area (Å²) in [5, 5.41) is 10.5. The summed E-state index contributed by atoms with van der Waals surface area (Å²) in [6.45, 7) is 2.46. The van der Waals surface area contributed by atoms with Gasteiger partial charge in [-0.05, 0) is 60.0 Å². The Balaban J connectivity index is 1.36. The number of nitrogens with two attached hydrogens (primary N) is 1. The molecule has 1 unspecified atom stereocenters. The maximum absolute atomic E-state index is 12.4. The largest absolute Gasteiger partial charge is 0.489 e. The van der Waals surface area contributed by atoms with Gasteiger partial charge in [0.1, 0.15) is 35.5 Å². The van der Waals surface area contributed by atoms with Gasteiger partial charge < -0.3 is 19.9 Å². The van der Waals surface area contributed by atoms with Gasteiger partial charge in [0.15, 0.2) is 0 Å². The lowest BCUT2D eigenvalue weighted by molar-refractivity contribution is -0.128. The van der Waals surface area contributed by atoms with Gasteiger partial charge in [0.25, 0.3) is 0 Å². The molecule has 7 heteroatoms. The summed E-state index contributed by atoms with van der Waals surface area (Å²) in [5.41, 5.74) is 11.0. The normalized spacial score (nSPS) is 14.3. The summed E-state index contributed by atoms with van der Waals surface area (Å²) in [7, 11) is 0. The van der Waals surface area contributed by atoms with Crippen molar-refractivity contribution in [2.45, 2.75) is 19.4 Å². The lowest BCUT2D eigenvalue weighted by Gasteiger charge is -2.27. The van der Waals surface area contributed by atoms with Gasteiger partial charge in [-0.2, -0.15) is 5.26 Å². The van der Waals surface area contributed by atoms with Crippen LogP contribution in [0.3, 0.4) is 0 Å². The average Bonchev–Trinajstić information content (AvgIpc) is 2.96. The molecule has 40 heavy (non-hydrogen) atoms. The number of allylic oxidation sites excluding steroid dienone is 1. The van der Waals surface area contributed by atoms with Crippen LogP contribution in [0.1, 0.15) is 33.7 Å². The highest BCUT2D eigenvalue weighted by Gasteiger charge is 2.31. The Morgan fingerprint density at radius 1 is 1.02 bits per heavy atom. The van der Waals surface area contributed by atoms with E-state index in [1.807, 2.05) is 55.5 Å². The van der Waals surface area contributed by atoms with E-state index in [1.165, 1.54) is 11.6 Å². The van der Waals surface area contributed by atoms with Gasteiger partial charge in [-0.25, -0.2) is 4.79 Å². The molecule has 0 spiro atoms. The highest BCUT2D eigenvalue weighted by Crippen LogP contribution is 2.44. The van der Waals surface area contributed by atoms with E-state index >= 15 is 0 Å². The molecule has 0 amide bonds. The number of benzene rings is 4. The van der Waals surface area contributed by atoms with Crippen molar-refractivity contribution < 1.29 is 19.0 Å². The van der Waals surface area contributed by atoms with Crippen molar-refractivity contribution in [1.29, 1.82) is 5.26 Å². The Morgan fingerprint density at radius 2 is 1.80 bits per heavy atom. The molecule has 0 aromatic heterocycles. The molecule has 198 valence electrons. The fraction of sp³-hybridized carbons (Fsp3) is 0.0909. The van der Waals surface area contributed by atoms with Crippen molar-refractivity contribution in [3.05, 3.63) is 141 Å². The number of esters is 1. The first-order valence-electron chi connectivity index (χ1n) is 12.5. The van der Waals surface area contributed by atoms with E-state index in [0.29, 0.717) is 28.7 Å². The first-order valence-corrected chi connectivity index (χ1v) is 12.9. The zero-order valence-corrected chi connectivity index (χ0v) is 22.4. The van der Waals surface area contributed by atoms with Gasteiger partial charge in [0.05, 0.1) is 5.92 Å². The predicted octanol–water partition coefficient (Wildman–Crippen LogP) is 7.06. The Kier molecular flexibility index (Phi) is 7.86. The third-order valence-corrected chi connectivity index (χ3v) is 6.66. The van der Waals surface area contributed by atoms with Gasteiger partial charge in [0, 0.05) is 22.7 Å². The van der Waals surface area contributed by atoms with Crippen molar-refractivity contribution in [3.8, 4) is 23.3 Å². The number of halogens is 1. The molecule has 0 radical (unpaired) electrons. The van der Waals surface area contributed by atoms with Gasteiger partial charge in [-0.3, -0.25) is 0 Å². The summed E-state index contributed by atoms with van der Waals surface area (Å²) in [5.74, 6) is 0.316. The molecule has 6 nitrogen and oxygen atoms in total. The first kappa shape index (κ1) is 26.6. The van der Waals surface area contributed by atoms with Crippen molar-refractivity contribution in [2.24, 2.45) is 5.73 Å². The number of carbonyl (C=O) groups excluding carboxylic acids is 1. The molecule has 0 aliphatic carbocycles. The average molecular weight is 549 g/mol. The fourth-order valence-electron chi connectivity index (χ4n) is 4.37. The van der Waals surface area contributed by atoms with Gasteiger partial charge in [0.2, 0.25) is 5.88 Å². The number of fused-ring (bicyclic) bond motifs is 1. The molecule has 0 saturated carbocycles. The number of nitrogens with zero attached hydrogens (tertiary/aromatic N) is 1. The van der Waals surface area contributed by atoms with Crippen molar-refractivity contribution in [3.63, 3.8) is 0 Å². The molecule has 1 aliphatic rings. The van der Waals surface area contributed by atoms with Crippen LogP contribution in [0, 0.1) is 18.3 Å². The van der Waals surface area contributed by atoms with Crippen LogP contribution >= 0.6 is 11.6 Å². The van der Waals surface area contributed by atoms with Crippen LogP contribution in [0.2, 0.25) is 5.02 Å². The molecular weight excluding hydrogens is 524 g/mol. The maximum Gasteiger partial charge on any atom is 0.336 e. The molecule has 1 heterocycles. The molecule has 4 aromatic rings. The van der Waals surface area contributed by atoms with E-state index in [1.54, 1.807) is 48.5 Å². The topological polar surface area (TPSA) is 94.6 Å². The third kappa shape index (κ3) is 6.17. The monoisotopic (exact) mass is 548 g/mol. The van der Waals surface area contributed by atoms with E-state index in [0.717, 1.165) is 22.3 Å². The highest BCUT2D eigenvalue weighted by atomic mass is 35.5. The van der Waals surface area contributed by atoms with E-state index in [4.69, 9.17) is 31.5 Å². The summed E-state index contributed by atoms with van der Waals surface area (Å²) >= 11 is 5.90. The van der Waals surface area contributed by atoms with Crippen molar-refractivity contribution in [1.82, 2.24) is 0 Å². The van der Waals surface area contributed by atoms with E-state index in [9.17, 15) is 10.1 Å². The molecule has 1 atom stereocenters. The van der Waals surface area contributed by atoms with Crippen LogP contribution in [0.25, 0.3) is 6.08 Å². The number of aryl methyl sites for hydroxylation is 1. The second-order valence-electron chi connectivity index (χ2n) is 9.28. The van der Waals surface area contributed by atoms with Crippen LogP contribution in [0.4, 0.5) is 0 Å². The number of nitriles is 1. The summed E-state index contributed by atoms with van der Waals surface area (Å²) < 4.78 is 17.3. The molecule has 2 N–H and O–H groups in total. The number of carbonyl (C=O) groups is 1. The van der Waals surface area contributed by atoms with Gasteiger partial charge in [-0.15, -0.1) is 0 Å². The summed E-state index contributed by atoms with van der Waals surface area (Å²) in [6.07, 6.45) is 2.97. The molecular formula is C33H25ClN2O4.